The smallest absolute Gasteiger partial charge is 0.431 e. The summed E-state index contributed by atoms with van der Waals surface area (Å²) in [5, 5.41) is 4.18. The summed E-state index contributed by atoms with van der Waals surface area (Å²) in [7, 11) is 2.69. The van der Waals surface area contributed by atoms with E-state index in [0.717, 1.165) is 5.01 Å². The topological polar surface area (TPSA) is 41.9 Å². The van der Waals surface area contributed by atoms with E-state index in [0.29, 0.717) is 0 Å². The quantitative estimate of drug-likeness (QED) is 0.413. The Bertz CT molecular complexity index is 249. The predicted octanol–water partition coefficient (Wildman–Crippen LogP) is 1.42. The van der Waals surface area contributed by atoms with Crippen LogP contribution >= 0.6 is 0 Å². The molecule has 0 atom stereocenters. The normalized spacial score (nSPS) is 12.5. The number of hydrogen-bond donors (Lipinski definition) is 0. The Morgan fingerprint density at radius 2 is 1.93 bits per heavy atom. The molecule has 0 amide bonds. The Kier molecular flexibility index (Phi) is 5.10. The summed E-state index contributed by atoms with van der Waals surface area (Å²) in [6.45, 7) is 1.57. The summed E-state index contributed by atoms with van der Waals surface area (Å²) in [5.74, 6) is -0.935. The first-order valence-corrected chi connectivity index (χ1v) is 4.25. The molecule has 0 rings (SSSR count). The van der Waals surface area contributed by atoms with Crippen molar-refractivity contribution < 1.29 is 22.7 Å². The standard InChI is InChI=1S/C8H13F3N2O2/c1-4-15-7(14)5-6(8(9,10)11)12-13(2)3/h4-5H2,1-3H3/b12-6-. The Balaban J connectivity index is 4.61. The fraction of sp³-hybridized carbons (Fsp3) is 0.750. The van der Waals surface area contributed by atoms with Gasteiger partial charge in [-0.2, -0.15) is 18.3 Å². The SMILES string of the molecule is CCOC(=O)C/C(=N/N(C)C)C(F)(F)F. The van der Waals surface area contributed by atoms with Crippen molar-refractivity contribution in [2.75, 3.05) is 20.7 Å². The van der Waals surface area contributed by atoms with Gasteiger partial charge in [0.2, 0.25) is 0 Å². The molecule has 88 valence electrons. The minimum Gasteiger partial charge on any atom is -0.466 e. The number of nitrogens with zero attached hydrogens (tertiary/aromatic N) is 2. The molecule has 0 aromatic rings. The molecule has 0 saturated heterocycles. The molecule has 0 bridgehead atoms. The Morgan fingerprint density at radius 3 is 2.27 bits per heavy atom. The lowest BCUT2D eigenvalue weighted by Crippen LogP contribution is -2.28. The van der Waals surface area contributed by atoms with Gasteiger partial charge in [0, 0.05) is 14.1 Å². The van der Waals surface area contributed by atoms with E-state index in [2.05, 4.69) is 9.84 Å². The van der Waals surface area contributed by atoms with Gasteiger partial charge < -0.3 is 9.75 Å². The van der Waals surface area contributed by atoms with Crippen LogP contribution in [0.1, 0.15) is 13.3 Å². The zero-order valence-corrected chi connectivity index (χ0v) is 8.76. The van der Waals surface area contributed by atoms with Crippen molar-refractivity contribution in [2.45, 2.75) is 19.5 Å². The molecular weight excluding hydrogens is 213 g/mol. The highest BCUT2D eigenvalue weighted by molar-refractivity contribution is 6.02. The summed E-state index contributed by atoms with van der Waals surface area (Å²) in [6, 6.07) is 0. The molecule has 0 unspecified atom stereocenters. The van der Waals surface area contributed by atoms with Gasteiger partial charge in [0.1, 0.15) is 0 Å². The number of halogens is 3. The lowest BCUT2D eigenvalue weighted by Gasteiger charge is -2.13. The molecule has 0 fully saturated rings. The van der Waals surface area contributed by atoms with Gasteiger partial charge in [0.05, 0.1) is 13.0 Å². The van der Waals surface area contributed by atoms with Crippen molar-refractivity contribution in [2.24, 2.45) is 5.10 Å². The molecule has 0 heterocycles. The maximum atomic E-state index is 12.3. The van der Waals surface area contributed by atoms with Gasteiger partial charge in [-0.15, -0.1) is 0 Å². The van der Waals surface area contributed by atoms with E-state index in [1.807, 2.05) is 0 Å². The van der Waals surface area contributed by atoms with Crippen LogP contribution < -0.4 is 0 Å². The van der Waals surface area contributed by atoms with Crippen molar-refractivity contribution in [3.05, 3.63) is 0 Å². The lowest BCUT2D eigenvalue weighted by molar-refractivity contribution is -0.142. The monoisotopic (exact) mass is 226 g/mol. The van der Waals surface area contributed by atoms with Crippen LogP contribution in [0, 0.1) is 0 Å². The Hall–Kier alpha value is -1.27. The first kappa shape index (κ1) is 13.7. The van der Waals surface area contributed by atoms with Crippen LogP contribution in [-0.2, 0) is 9.53 Å². The number of carbonyl (C=O) groups is 1. The summed E-state index contributed by atoms with van der Waals surface area (Å²) < 4.78 is 41.4. The third kappa shape index (κ3) is 5.92. The number of rotatable bonds is 4. The van der Waals surface area contributed by atoms with E-state index >= 15 is 0 Å². The number of hydrazone groups is 1. The number of carbonyl (C=O) groups excluding carboxylic acids is 1. The van der Waals surface area contributed by atoms with E-state index < -0.39 is 24.3 Å². The van der Waals surface area contributed by atoms with Gasteiger partial charge >= 0.3 is 12.1 Å². The molecule has 0 saturated carbocycles. The minimum atomic E-state index is -4.61. The van der Waals surface area contributed by atoms with E-state index in [1.165, 1.54) is 21.0 Å². The van der Waals surface area contributed by atoms with Crippen LogP contribution in [0.3, 0.4) is 0 Å². The Morgan fingerprint density at radius 1 is 1.40 bits per heavy atom. The van der Waals surface area contributed by atoms with Crippen LogP contribution in [0.4, 0.5) is 13.2 Å². The van der Waals surface area contributed by atoms with Crippen molar-refractivity contribution in [3.63, 3.8) is 0 Å². The van der Waals surface area contributed by atoms with Crippen LogP contribution in [0.2, 0.25) is 0 Å². The summed E-state index contributed by atoms with van der Waals surface area (Å²) in [4.78, 5) is 10.9. The molecule has 0 aliphatic rings. The number of esters is 1. The third-order valence-corrected chi connectivity index (χ3v) is 1.27. The molecule has 0 spiro atoms. The average molecular weight is 226 g/mol. The van der Waals surface area contributed by atoms with Gasteiger partial charge in [0.15, 0.2) is 5.71 Å². The minimum absolute atomic E-state index is 0.0476. The molecule has 0 aliphatic carbocycles. The largest absolute Gasteiger partial charge is 0.466 e. The molecular formula is C8H13F3N2O2. The lowest BCUT2D eigenvalue weighted by atomic mass is 10.2. The third-order valence-electron chi connectivity index (χ3n) is 1.27. The van der Waals surface area contributed by atoms with Gasteiger partial charge in [0.25, 0.3) is 0 Å². The number of alkyl halides is 3. The Labute approximate surface area is 85.7 Å². The van der Waals surface area contributed by atoms with Crippen LogP contribution in [0.25, 0.3) is 0 Å². The predicted molar refractivity (Wildman–Crippen MR) is 48.4 cm³/mol. The highest BCUT2D eigenvalue weighted by Crippen LogP contribution is 2.20. The van der Waals surface area contributed by atoms with Gasteiger partial charge in [-0.1, -0.05) is 0 Å². The second-order valence-corrected chi connectivity index (χ2v) is 2.87. The molecule has 15 heavy (non-hydrogen) atoms. The van der Waals surface area contributed by atoms with Crippen molar-refractivity contribution in [1.82, 2.24) is 5.01 Å². The number of hydrogen-bond acceptors (Lipinski definition) is 4. The summed E-state index contributed by atoms with van der Waals surface area (Å²) in [5.41, 5.74) is -1.16. The van der Waals surface area contributed by atoms with Gasteiger partial charge in [-0.05, 0) is 6.92 Å². The first-order chi connectivity index (χ1) is 6.77. The van der Waals surface area contributed by atoms with Gasteiger partial charge in [-0.25, -0.2) is 0 Å². The molecule has 4 nitrogen and oxygen atoms in total. The van der Waals surface area contributed by atoms with E-state index in [1.54, 1.807) is 0 Å². The van der Waals surface area contributed by atoms with Crippen molar-refractivity contribution in [1.29, 1.82) is 0 Å². The second-order valence-electron chi connectivity index (χ2n) is 2.87. The van der Waals surface area contributed by atoms with Crippen molar-refractivity contribution in [3.8, 4) is 0 Å². The maximum Gasteiger partial charge on any atom is 0.431 e. The van der Waals surface area contributed by atoms with E-state index in [-0.39, 0.29) is 6.61 Å². The fourth-order valence-electron chi connectivity index (χ4n) is 0.782. The summed E-state index contributed by atoms with van der Waals surface area (Å²) in [6.07, 6.45) is -5.48. The average Bonchev–Trinajstić information content (AvgIpc) is 2.00. The highest BCUT2D eigenvalue weighted by Gasteiger charge is 2.37. The van der Waals surface area contributed by atoms with E-state index in [4.69, 9.17) is 0 Å². The van der Waals surface area contributed by atoms with E-state index in [9.17, 15) is 18.0 Å². The van der Waals surface area contributed by atoms with Crippen molar-refractivity contribution >= 4 is 11.7 Å². The molecule has 0 aromatic heterocycles. The molecule has 0 aromatic carbocycles. The zero-order chi connectivity index (χ0) is 12.1. The van der Waals surface area contributed by atoms with Crippen LogP contribution in [0.15, 0.2) is 5.10 Å². The zero-order valence-electron chi connectivity index (χ0n) is 8.76. The molecule has 0 N–H and O–H groups in total. The molecule has 0 radical (unpaired) electrons. The van der Waals surface area contributed by atoms with Crippen LogP contribution in [0.5, 0.6) is 0 Å². The fourth-order valence-corrected chi connectivity index (χ4v) is 0.782. The molecule has 7 heteroatoms. The van der Waals surface area contributed by atoms with Gasteiger partial charge in [-0.3, -0.25) is 4.79 Å². The summed E-state index contributed by atoms with van der Waals surface area (Å²) >= 11 is 0. The van der Waals surface area contributed by atoms with Crippen LogP contribution in [-0.4, -0.2) is 43.6 Å². The first-order valence-electron chi connectivity index (χ1n) is 4.25. The number of ether oxygens (including phenoxy) is 1. The second kappa shape index (κ2) is 5.57. The highest BCUT2D eigenvalue weighted by atomic mass is 19.4. The maximum absolute atomic E-state index is 12.3. The molecule has 0 aliphatic heterocycles.